The predicted octanol–water partition coefficient (Wildman–Crippen LogP) is 5.98. The molecule has 1 aromatic heterocycles. The quantitative estimate of drug-likeness (QED) is 0.459. The molecule has 3 aromatic rings. The largest absolute Gasteiger partial charge is 0.280 e. The summed E-state index contributed by atoms with van der Waals surface area (Å²) in [5.74, 6) is 0. The number of thiazole rings is 1. The average Bonchev–Trinajstić information content (AvgIpc) is 3.13. The maximum Gasteiger partial charge on any atom is 0.280 e. The van der Waals surface area contributed by atoms with E-state index in [4.69, 9.17) is 11.6 Å². The number of hydrogen-bond acceptors (Lipinski definition) is 5. The second-order valence-corrected chi connectivity index (χ2v) is 11.2. The molecule has 1 aliphatic rings. The number of halogens is 1. The van der Waals surface area contributed by atoms with Crippen LogP contribution in [0.3, 0.4) is 0 Å². The third kappa shape index (κ3) is 4.03. The number of aromatic nitrogens is 1. The Kier molecular flexibility index (Phi) is 5.75. The summed E-state index contributed by atoms with van der Waals surface area (Å²) in [6, 6.07) is 14.8. The van der Waals surface area contributed by atoms with Gasteiger partial charge in [-0.05, 0) is 49.1 Å². The Balaban J connectivity index is 1.75. The van der Waals surface area contributed by atoms with Crippen LogP contribution >= 0.6 is 34.9 Å². The smallest absolute Gasteiger partial charge is 0.224 e. The van der Waals surface area contributed by atoms with Crippen molar-refractivity contribution in [1.82, 2.24) is 8.69 Å². The van der Waals surface area contributed by atoms with Gasteiger partial charge < -0.3 is 0 Å². The van der Waals surface area contributed by atoms with E-state index in [2.05, 4.69) is 4.98 Å². The van der Waals surface area contributed by atoms with E-state index < -0.39 is 10.0 Å². The maximum absolute atomic E-state index is 13.5. The van der Waals surface area contributed by atoms with E-state index in [0.717, 1.165) is 41.7 Å². The number of rotatable bonds is 5. The van der Waals surface area contributed by atoms with Crippen LogP contribution in [0.4, 0.5) is 0 Å². The molecule has 0 spiro atoms. The van der Waals surface area contributed by atoms with Crippen LogP contribution in [0.25, 0.3) is 10.2 Å². The number of fused-ring (bicyclic) bond motifs is 1. The summed E-state index contributed by atoms with van der Waals surface area (Å²) in [5.41, 5.74) is 0.715. The van der Waals surface area contributed by atoms with Gasteiger partial charge in [0.05, 0.1) is 15.2 Å². The zero-order chi connectivity index (χ0) is 18.9. The van der Waals surface area contributed by atoms with E-state index in [1.807, 2.05) is 42.5 Å². The second kappa shape index (κ2) is 8.09. The summed E-state index contributed by atoms with van der Waals surface area (Å²) < 4.78 is 29.6. The number of nitrogens with zero attached hydrogens (tertiary/aromatic N) is 2. The Morgan fingerprint density at radius 3 is 2.48 bits per heavy atom. The molecule has 0 radical (unpaired) electrons. The first kappa shape index (κ1) is 19.2. The number of sulfonamides is 1. The van der Waals surface area contributed by atoms with E-state index in [1.165, 1.54) is 23.3 Å². The average molecular weight is 439 g/mol. The topological polar surface area (TPSA) is 50.3 Å². The van der Waals surface area contributed by atoms with Gasteiger partial charge in [-0.3, -0.25) is 0 Å². The molecule has 0 atom stereocenters. The second-order valence-electron chi connectivity index (χ2n) is 6.52. The SMILES string of the molecule is O=S(=O)(c1nc2ccccc2s1)N(Sc1ccccc1Cl)C1CCCCC1. The van der Waals surface area contributed by atoms with Crippen molar-refractivity contribution in [1.29, 1.82) is 0 Å². The highest BCUT2D eigenvalue weighted by Gasteiger charge is 2.36. The summed E-state index contributed by atoms with van der Waals surface area (Å²) in [7, 11) is -3.73. The maximum atomic E-state index is 13.5. The molecule has 0 amide bonds. The van der Waals surface area contributed by atoms with Crippen molar-refractivity contribution in [3.05, 3.63) is 53.6 Å². The van der Waals surface area contributed by atoms with E-state index in [0.29, 0.717) is 10.5 Å². The minimum atomic E-state index is -3.73. The lowest BCUT2D eigenvalue weighted by Gasteiger charge is -2.31. The lowest BCUT2D eigenvalue weighted by molar-refractivity contribution is 0.345. The summed E-state index contributed by atoms with van der Waals surface area (Å²) in [6.45, 7) is 0. The lowest BCUT2D eigenvalue weighted by Crippen LogP contribution is -2.36. The molecule has 1 fully saturated rings. The van der Waals surface area contributed by atoms with Crippen LogP contribution in [-0.2, 0) is 10.0 Å². The highest BCUT2D eigenvalue weighted by atomic mass is 35.5. The first-order chi connectivity index (χ1) is 13.1. The molecule has 2 aromatic carbocycles. The van der Waals surface area contributed by atoms with Crippen LogP contribution in [0.15, 0.2) is 57.8 Å². The van der Waals surface area contributed by atoms with Gasteiger partial charge in [0.1, 0.15) is 0 Å². The van der Waals surface area contributed by atoms with Crippen molar-refractivity contribution in [3.63, 3.8) is 0 Å². The van der Waals surface area contributed by atoms with Gasteiger partial charge in [-0.1, -0.05) is 55.1 Å². The Hall–Kier alpha value is -1.12. The Morgan fingerprint density at radius 1 is 1.04 bits per heavy atom. The summed E-state index contributed by atoms with van der Waals surface area (Å²) >= 11 is 8.75. The van der Waals surface area contributed by atoms with Gasteiger partial charge in [-0.2, -0.15) is 0 Å². The number of hydrogen-bond donors (Lipinski definition) is 0. The Bertz CT molecular complexity index is 1010. The highest BCUT2D eigenvalue weighted by molar-refractivity contribution is 8.09. The van der Waals surface area contributed by atoms with Crippen LogP contribution in [0, 0.1) is 0 Å². The number of para-hydroxylation sites is 1. The van der Waals surface area contributed by atoms with Crippen LogP contribution in [-0.4, -0.2) is 23.2 Å². The monoisotopic (exact) mass is 438 g/mol. The number of benzene rings is 2. The first-order valence-electron chi connectivity index (χ1n) is 8.88. The van der Waals surface area contributed by atoms with E-state index in [9.17, 15) is 8.42 Å². The standard InChI is InChI=1S/C19H19ClN2O2S3/c20-15-10-4-6-12-17(15)26-22(14-8-2-1-3-9-14)27(23,24)19-21-16-11-5-7-13-18(16)25-19/h4-7,10-14H,1-3,8-9H2. The highest BCUT2D eigenvalue weighted by Crippen LogP contribution is 2.40. The summed E-state index contributed by atoms with van der Waals surface area (Å²) in [4.78, 5) is 5.15. The molecule has 0 saturated heterocycles. The molecule has 4 nitrogen and oxygen atoms in total. The molecule has 0 aliphatic heterocycles. The summed E-state index contributed by atoms with van der Waals surface area (Å²) in [6.07, 6.45) is 4.96. The lowest BCUT2D eigenvalue weighted by atomic mass is 9.96. The molecule has 0 unspecified atom stereocenters. The molecular weight excluding hydrogens is 420 g/mol. The van der Waals surface area contributed by atoms with E-state index in [1.54, 1.807) is 9.78 Å². The van der Waals surface area contributed by atoms with Crippen molar-refractivity contribution >= 4 is 55.1 Å². The third-order valence-corrected chi connectivity index (χ3v) is 9.93. The van der Waals surface area contributed by atoms with Crippen molar-refractivity contribution in [3.8, 4) is 0 Å². The Labute approximate surface area is 172 Å². The zero-order valence-corrected chi connectivity index (χ0v) is 17.8. The third-order valence-electron chi connectivity index (χ3n) is 4.63. The molecule has 8 heteroatoms. The fourth-order valence-electron chi connectivity index (χ4n) is 3.27. The van der Waals surface area contributed by atoms with Crippen LogP contribution < -0.4 is 0 Å². The van der Waals surface area contributed by atoms with Crippen molar-refractivity contribution in [2.45, 2.75) is 47.4 Å². The normalized spacial score (nSPS) is 16.2. The Morgan fingerprint density at radius 2 is 1.74 bits per heavy atom. The molecule has 1 saturated carbocycles. The predicted molar refractivity (Wildman–Crippen MR) is 113 cm³/mol. The van der Waals surface area contributed by atoms with Crippen LogP contribution in [0.1, 0.15) is 32.1 Å². The molecule has 0 N–H and O–H groups in total. The molecule has 1 aliphatic carbocycles. The first-order valence-corrected chi connectivity index (χ1v) is 12.3. The fraction of sp³-hybridized carbons (Fsp3) is 0.316. The molecule has 0 bridgehead atoms. The van der Waals surface area contributed by atoms with Gasteiger partial charge in [-0.15, -0.1) is 15.0 Å². The molecule has 1 heterocycles. The van der Waals surface area contributed by atoms with Crippen LogP contribution in [0.5, 0.6) is 0 Å². The molecule has 4 rings (SSSR count). The zero-order valence-electron chi connectivity index (χ0n) is 14.5. The molecule has 27 heavy (non-hydrogen) atoms. The van der Waals surface area contributed by atoms with Crippen LogP contribution in [0.2, 0.25) is 5.02 Å². The van der Waals surface area contributed by atoms with Gasteiger partial charge in [-0.25, -0.2) is 13.4 Å². The van der Waals surface area contributed by atoms with Gasteiger partial charge in [0.25, 0.3) is 10.0 Å². The van der Waals surface area contributed by atoms with Crippen molar-refractivity contribution in [2.24, 2.45) is 0 Å². The minimum Gasteiger partial charge on any atom is -0.224 e. The molecular formula is C19H19ClN2O2S3. The van der Waals surface area contributed by atoms with Gasteiger partial charge >= 0.3 is 0 Å². The summed E-state index contributed by atoms with van der Waals surface area (Å²) in [5, 5.41) is 0.558. The van der Waals surface area contributed by atoms with E-state index in [-0.39, 0.29) is 10.4 Å². The van der Waals surface area contributed by atoms with Gasteiger partial charge in [0.2, 0.25) is 4.34 Å². The van der Waals surface area contributed by atoms with Crippen molar-refractivity contribution < 1.29 is 8.42 Å². The minimum absolute atomic E-state index is 0.0444. The van der Waals surface area contributed by atoms with Gasteiger partial charge in [0, 0.05) is 10.9 Å². The van der Waals surface area contributed by atoms with E-state index >= 15 is 0 Å². The molecule has 142 valence electrons. The fourth-order valence-corrected chi connectivity index (χ4v) is 7.94. The van der Waals surface area contributed by atoms with Crippen molar-refractivity contribution in [2.75, 3.05) is 0 Å². The van der Waals surface area contributed by atoms with Gasteiger partial charge in [0.15, 0.2) is 0 Å².